The average molecular weight is 319 g/mol. The first kappa shape index (κ1) is 14.8. The third kappa shape index (κ3) is 3.12. The van der Waals surface area contributed by atoms with E-state index in [1.165, 1.54) is 0 Å². The number of fused-ring (bicyclic) bond motifs is 1. The van der Waals surface area contributed by atoms with Gasteiger partial charge in [0.15, 0.2) is 0 Å². The van der Waals surface area contributed by atoms with E-state index in [-0.39, 0.29) is 5.38 Å². The molecular formula is C13H16Cl2N2OS. The zero-order chi connectivity index (χ0) is 14.0. The maximum atomic E-state index is 11.6. The number of benzene rings is 1. The topological polar surface area (TPSA) is 34.9 Å². The summed E-state index contributed by atoms with van der Waals surface area (Å²) >= 11 is 12.4. The van der Waals surface area contributed by atoms with Crippen LogP contribution in [0.1, 0.15) is 25.0 Å². The van der Waals surface area contributed by atoms with E-state index in [1.54, 1.807) is 0 Å². The fourth-order valence-electron chi connectivity index (χ4n) is 2.03. The Hall–Kier alpha value is -0.580. The number of imidazole rings is 1. The highest BCUT2D eigenvalue weighted by Crippen LogP contribution is 2.29. The number of hydrogen-bond acceptors (Lipinski definition) is 2. The first-order valence-electron chi connectivity index (χ1n) is 6.18. The largest absolute Gasteiger partial charge is 0.325 e. The van der Waals surface area contributed by atoms with Crippen LogP contribution in [0.2, 0.25) is 5.02 Å². The molecule has 0 fully saturated rings. The summed E-state index contributed by atoms with van der Waals surface area (Å²) < 4.78 is 13.6. The molecule has 2 atom stereocenters. The van der Waals surface area contributed by atoms with Crippen molar-refractivity contribution in [2.75, 3.05) is 11.5 Å². The Bertz CT molecular complexity index is 610. The molecule has 0 N–H and O–H groups in total. The van der Waals surface area contributed by atoms with Crippen molar-refractivity contribution in [1.29, 1.82) is 0 Å². The molecule has 2 rings (SSSR count). The van der Waals surface area contributed by atoms with Crippen LogP contribution in [0, 0.1) is 0 Å². The van der Waals surface area contributed by atoms with E-state index >= 15 is 0 Å². The Morgan fingerprint density at radius 3 is 2.84 bits per heavy atom. The van der Waals surface area contributed by atoms with Crippen LogP contribution in [0.5, 0.6) is 0 Å². The fourth-order valence-corrected chi connectivity index (χ4v) is 3.14. The van der Waals surface area contributed by atoms with Crippen molar-refractivity contribution in [2.45, 2.75) is 25.8 Å². The molecule has 104 valence electrons. The van der Waals surface area contributed by atoms with Gasteiger partial charge in [0, 0.05) is 28.9 Å². The van der Waals surface area contributed by atoms with Gasteiger partial charge in [-0.3, -0.25) is 4.21 Å². The van der Waals surface area contributed by atoms with Crippen molar-refractivity contribution < 1.29 is 4.21 Å². The molecule has 0 saturated heterocycles. The van der Waals surface area contributed by atoms with E-state index < -0.39 is 10.8 Å². The summed E-state index contributed by atoms with van der Waals surface area (Å²) in [6, 6.07) is 5.62. The molecule has 0 radical (unpaired) electrons. The Balaban J connectivity index is 2.48. The molecule has 0 spiro atoms. The summed E-state index contributed by atoms with van der Waals surface area (Å²) in [5.74, 6) is 2.02. The molecule has 0 aliphatic rings. The number of alkyl halides is 1. The van der Waals surface area contributed by atoms with E-state index in [2.05, 4.69) is 4.98 Å². The summed E-state index contributed by atoms with van der Waals surface area (Å²) in [5.41, 5.74) is 1.71. The van der Waals surface area contributed by atoms with Gasteiger partial charge in [0.05, 0.1) is 21.4 Å². The maximum Gasteiger partial charge on any atom is 0.127 e. The highest BCUT2D eigenvalue weighted by molar-refractivity contribution is 7.84. The second-order valence-electron chi connectivity index (χ2n) is 4.28. The van der Waals surface area contributed by atoms with Crippen LogP contribution < -0.4 is 0 Å². The molecule has 1 aromatic heterocycles. The lowest BCUT2D eigenvalue weighted by Crippen LogP contribution is -2.12. The van der Waals surface area contributed by atoms with Gasteiger partial charge in [-0.05, 0) is 19.1 Å². The number of nitrogens with zero attached hydrogens (tertiary/aromatic N) is 2. The molecule has 2 unspecified atom stereocenters. The van der Waals surface area contributed by atoms with E-state index in [9.17, 15) is 4.21 Å². The van der Waals surface area contributed by atoms with Crippen LogP contribution in [-0.4, -0.2) is 25.3 Å². The summed E-state index contributed by atoms with van der Waals surface area (Å²) in [4.78, 5) is 4.52. The standard InChI is InChI=1S/C13H16Cl2N2OS/c1-3-19(18)8-7-17-12-10(15)5-4-6-11(12)16-13(17)9(2)14/h4-6,9H,3,7-8H2,1-2H3. The van der Waals surface area contributed by atoms with E-state index in [1.807, 2.05) is 36.6 Å². The molecule has 1 heterocycles. The van der Waals surface area contributed by atoms with Crippen molar-refractivity contribution in [3.63, 3.8) is 0 Å². The van der Waals surface area contributed by atoms with Gasteiger partial charge in [0.1, 0.15) is 5.82 Å². The van der Waals surface area contributed by atoms with E-state index in [0.29, 0.717) is 23.1 Å². The van der Waals surface area contributed by atoms with Gasteiger partial charge in [0.2, 0.25) is 0 Å². The Kier molecular flexibility index (Phi) is 4.87. The number of hydrogen-bond donors (Lipinski definition) is 0. The average Bonchev–Trinajstić information content (AvgIpc) is 2.76. The number of aryl methyl sites for hydroxylation is 1. The lowest BCUT2D eigenvalue weighted by atomic mass is 10.3. The minimum atomic E-state index is -0.817. The minimum absolute atomic E-state index is 0.210. The molecule has 0 aliphatic heterocycles. The first-order valence-corrected chi connectivity index (χ1v) is 8.48. The van der Waals surface area contributed by atoms with Crippen molar-refractivity contribution >= 4 is 45.0 Å². The predicted molar refractivity (Wildman–Crippen MR) is 82.6 cm³/mol. The van der Waals surface area contributed by atoms with Crippen LogP contribution in [-0.2, 0) is 17.3 Å². The zero-order valence-corrected chi connectivity index (χ0v) is 13.2. The quantitative estimate of drug-likeness (QED) is 0.787. The van der Waals surface area contributed by atoms with Crippen molar-refractivity contribution in [3.05, 3.63) is 29.0 Å². The summed E-state index contributed by atoms with van der Waals surface area (Å²) in [6.45, 7) is 4.41. The van der Waals surface area contributed by atoms with Crippen LogP contribution in [0.3, 0.4) is 0 Å². The fraction of sp³-hybridized carbons (Fsp3) is 0.462. The van der Waals surface area contributed by atoms with Crippen LogP contribution in [0.15, 0.2) is 18.2 Å². The Labute approximate surface area is 125 Å². The number of rotatable bonds is 5. The molecule has 19 heavy (non-hydrogen) atoms. The molecule has 0 amide bonds. The summed E-state index contributed by atoms with van der Waals surface area (Å²) in [6.07, 6.45) is 0. The maximum absolute atomic E-state index is 11.6. The smallest absolute Gasteiger partial charge is 0.127 e. The molecule has 0 saturated carbocycles. The van der Waals surface area contributed by atoms with Crippen molar-refractivity contribution in [3.8, 4) is 0 Å². The van der Waals surface area contributed by atoms with Crippen LogP contribution in [0.4, 0.5) is 0 Å². The SMILES string of the molecule is CCS(=O)CCn1c(C(C)Cl)nc2cccc(Cl)c21. The normalized spacial score (nSPS) is 14.7. The lowest BCUT2D eigenvalue weighted by molar-refractivity contribution is 0.669. The predicted octanol–water partition coefficient (Wildman–Crippen LogP) is 3.76. The van der Waals surface area contributed by atoms with Gasteiger partial charge in [-0.1, -0.05) is 24.6 Å². The van der Waals surface area contributed by atoms with Crippen LogP contribution in [0.25, 0.3) is 11.0 Å². The molecule has 1 aromatic carbocycles. The van der Waals surface area contributed by atoms with Crippen molar-refractivity contribution in [2.24, 2.45) is 0 Å². The summed E-state index contributed by atoms with van der Waals surface area (Å²) in [7, 11) is -0.817. The Morgan fingerprint density at radius 2 is 2.21 bits per heavy atom. The minimum Gasteiger partial charge on any atom is -0.325 e. The van der Waals surface area contributed by atoms with Gasteiger partial charge < -0.3 is 4.57 Å². The third-order valence-electron chi connectivity index (χ3n) is 2.97. The highest BCUT2D eigenvalue weighted by Gasteiger charge is 2.17. The molecule has 0 aliphatic carbocycles. The van der Waals surface area contributed by atoms with E-state index in [4.69, 9.17) is 23.2 Å². The Morgan fingerprint density at radius 1 is 1.47 bits per heavy atom. The lowest BCUT2D eigenvalue weighted by Gasteiger charge is -2.10. The zero-order valence-electron chi connectivity index (χ0n) is 10.9. The van der Waals surface area contributed by atoms with E-state index in [0.717, 1.165) is 16.9 Å². The number of para-hydroxylation sites is 1. The van der Waals surface area contributed by atoms with Gasteiger partial charge in [-0.15, -0.1) is 11.6 Å². The van der Waals surface area contributed by atoms with Gasteiger partial charge in [-0.2, -0.15) is 0 Å². The van der Waals surface area contributed by atoms with Gasteiger partial charge in [0.25, 0.3) is 0 Å². The molecular weight excluding hydrogens is 303 g/mol. The number of aromatic nitrogens is 2. The highest BCUT2D eigenvalue weighted by atomic mass is 35.5. The molecule has 6 heteroatoms. The summed E-state index contributed by atoms with van der Waals surface area (Å²) in [5, 5.41) is 0.439. The monoisotopic (exact) mass is 318 g/mol. The molecule has 0 bridgehead atoms. The van der Waals surface area contributed by atoms with Crippen LogP contribution >= 0.6 is 23.2 Å². The van der Waals surface area contributed by atoms with Crippen molar-refractivity contribution in [1.82, 2.24) is 9.55 Å². The molecule has 2 aromatic rings. The first-order chi connectivity index (χ1) is 9.04. The van der Waals surface area contributed by atoms with Gasteiger partial charge >= 0.3 is 0 Å². The van der Waals surface area contributed by atoms with Gasteiger partial charge in [-0.25, -0.2) is 4.98 Å². The third-order valence-corrected chi connectivity index (χ3v) is 4.75. The second-order valence-corrected chi connectivity index (χ2v) is 7.20. The molecule has 3 nitrogen and oxygen atoms in total. The number of halogens is 2. The second kappa shape index (κ2) is 6.25.